The van der Waals surface area contributed by atoms with Crippen molar-refractivity contribution in [3.63, 3.8) is 0 Å². The van der Waals surface area contributed by atoms with Crippen molar-refractivity contribution in [1.29, 1.82) is 0 Å². The first-order chi connectivity index (χ1) is 18.5. The van der Waals surface area contributed by atoms with Crippen LogP contribution in [0.15, 0.2) is 95.9 Å². The maximum absolute atomic E-state index is 12.7. The zero-order valence-electron chi connectivity index (χ0n) is 20.9. The smallest absolute Gasteiger partial charge is 0.327 e. The predicted molar refractivity (Wildman–Crippen MR) is 148 cm³/mol. The van der Waals surface area contributed by atoms with Crippen molar-refractivity contribution < 1.29 is 9.53 Å². The number of nitrogens with zero attached hydrogens (tertiary/aromatic N) is 2. The summed E-state index contributed by atoms with van der Waals surface area (Å²) in [7, 11) is 1.38. The van der Waals surface area contributed by atoms with E-state index in [4.69, 9.17) is 16.3 Å². The molecule has 1 unspecified atom stereocenters. The van der Waals surface area contributed by atoms with Gasteiger partial charge in [-0.05, 0) is 52.9 Å². The quantitative estimate of drug-likeness (QED) is 0.263. The lowest BCUT2D eigenvalue weighted by atomic mass is 9.98. The summed E-state index contributed by atoms with van der Waals surface area (Å²) in [5, 5.41) is 12.2. The second kappa shape index (κ2) is 11.5. The number of hydrogen-bond acceptors (Lipinski definition) is 5. The first-order valence-corrected chi connectivity index (χ1v) is 12.6. The number of carbonyl (C=O) groups is 1. The lowest BCUT2D eigenvalue weighted by molar-refractivity contribution is -0.143. The maximum Gasteiger partial charge on any atom is 0.327 e. The third-order valence-corrected chi connectivity index (χ3v) is 6.72. The number of aromatic amines is 1. The van der Waals surface area contributed by atoms with Gasteiger partial charge < -0.3 is 9.30 Å². The number of ether oxygens (including phenoxy) is 1. The van der Waals surface area contributed by atoms with Gasteiger partial charge in [-0.1, -0.05) is 66.2 Å². The van der Waals surface area contributed by atoms with Gasteiger partial charge in [-0.15, -0.1) is 0 Å². The molecule has 5 aromatic rings. The number of hydrogen-bond donors (Lipinski definition) is 2. The van der Waals surface area contributed by atoms with Crippen LogP contribution >= 0.6 is 11.6 Å². The average molecular weight is 527 g/mol. The van der Waals surface area contributed by atoms with Crippen molar-refractivity contribution in [2.45, 2.75) is 25.6 Å². The van der Waals surface area contributed by atoms with Crippen LogP contribution < -0.4 is 10.9 Å². The Labute approximate surface area is 225 Å². The largest absolute Gasteiger partial charge is 0.468 e. The number of methoxy groups -OCH3 is 1. The Hall–Kier alpha value is -4.20. The highest BCUT2D eigenvalue weighted by Crippen LogP contribution is 2.23. The average Bonchev–Trinajstić information content (AvgIpc) is 3.33. The molecular weight excluding hydrogens is 500 g/mol. The molecule has 0 radical (unpaired) electrons. The van der Waals surface area contributed by atoms with Gasteiger partial charge in [-0.3, -0.25) is 15.2 Å². The molecular formula is C30H27ClN4O3. The second-order valence-corrected chi connectivity index (χ2v) is 9.54. The molecule has 0 spiro atoms. The number of esters is 1. The van der Waals surface area contributed by atoms with Crippen molar-refractivity contribution in [1.82, 2.24) is 20.1 Å². The van der Waals surface area contributed by atoms with Gasteiger partial charge in [0, 0.05) is 29.2 Å². The third kappa shape index (κ3) is 5.85. The number of pyridine rings is 1. The van der Waals surface area contributed by atoms with Gasteiger partial charge in [0.25, 0.3) is 5.56 Å². The van der Waals surface area contributed by atoms with E-state index >= 15 is 0 Å². The van der Waals surface area contributed by atoms with Crippen LogP contribution in [0.4, 0.5) is 0 Å². The molecule has 0 saturated carbocycles. The van der Waals surface area contributed by atoms with E-state index in [1.807, 2.05) is 54.6 Å². The molecule has 8 heteroatoms. The van der Waals surface area contributed by atoms with Crippen LogP contribution in [0, 0.1) is 0 Å². The van der Waals surface area contributed by atoms with E-state index in [1.165, 1.54) is 7.11 Å². The number of fused-ring (bicyclic) bond motifs is 1. The van der Waals surface area contributed by atoms with Gasteiger partial charge in [-0.2, -0.15) is 5.10 Å². The Morgan fingerprint density at radius 2 is 1.82 bits per heavy atom. The first-order valence-electron chi connectivity index (χ1n) is 12.3. The molecule has 3 aromatic carbocycles. The van der Waals surface area contributed by atoms with Gasteiger partial charge in [-0.25, -0.2) is 4.79 Å². The predicted octanol–water partition coefficient (Wildman–Crippen LogP) is 5.02. The zero-order valence-corrected chi connectivity index (χ0v) is 21.6. The van der Waals surface area contributed by atoms with Gasteiger partial charge in [0.05, 0.1) is 24.9 Å². The van der Waals surface area contributed by atoms with Gasteiger partial charge in [0.2, 0.25) is 0 Å². The summed E-state index contributed by atoms with van der Waals surface area (Å²) < 4.78 is 6.78. The number of carbonyl (C=O) groups excluding carboxylic acids is 1. The van der Waals surface area contributed by atoms with Crippen molar-refractivity contribution in [3.8, 4) is 0 Å². The molecule has 5 rings (SSSR count). The Morgan fingerprint density at radius 1 is 1.00 bits per heavy atom. The highest BCUT2D eigenvalue weighted by molar-refractivity contribution is 6.31. The minimum atomic E-state index is -0.655. The molecule has 7 nitrogen and oxygen atoms in total. The van der Waals surface area contributed by atoms with Crippen LogP contribution in [0.1, 0.15) is 34.0 Å². The molecule has 2 N–H and O–H groups in total. The standard InChI is InChI=1S/C30H27ClN4O3/c1-38-30(37)29(32-18-27-25-17-24(31)12-13-26(25)33-34-27)23-6-4-5-22(16-23)15-20-8-10-21(11-9-20)19-35-14-3-2-7-28(35)36/h2-14,16-17,29,32H,15,18-19H2,1H3,(H,33,34). The van der Waals surface area contributed by atoms with Crippen LogP contribution in [0.25, 0.3) is 10.9 Å². The van der Waals surface area contributed by atoms with Gasteiger partial charge >= 0.3 is 5.97 Å². The number of nitrogens with one attached hydrogen (secondary N) is 2. The summed E-state index contributed by atoms with van der Waals surface area (Å²) in [5.74, 6) is -0.375. The Balaban J connectivity index is 1.30. The first kappa shape index (κ1) is 25.4. The summed E-state index contributed by atoms with van der Waals surface area (Å²) in [4.78, 5) is 24.7. The molecule has 0 aliphatic carbocycles. The molecule has 38 heavy (non-hydrogen) atoms. The maximum atomic E-state index is 12.7. The van der Waals surface area contributed by atoms with E-state index in [-0.39, 0.29) is 11.5 Å². The monoisotopic (exact) mass is 526 g/mol. The topological polar surface area (TPSA) is 89.0 Å². The van der Waals surface area contributed by atoms with Gasteiger partial charge in [0.15, 0.2) is 0 Å². The SMILES string of the molecule is COC(=O)C(NCc1n[nH]c2ccc(Cl)cc12)c1cccc(Cc2ccc(Cn3ccccc3=O)cc2)c1. The van der Waals surface area contributed by atoms with Crippen LogP contribution in [-0.2, 0) is 29.0 Å². The molecule has 2 heterocycles. The molecule has 0 fully saturated rings. The highest BCUT2D eigenvalue weighted by atomic mass is 35.5. The van der Waals surface area contributed by atoms with Crippen LogP contribution in [0.3, 0.4) is 0 Å². The van der Waals surface area contributed by atoms with Crippen LogP contribution in [0.5, 0.6) is 0 Å². The number of aromatic nitrogens is 3. The molecule has 0 bridgehead atoms. The lowest BCUT2D eigenvalue weighted by Crippen LogP contribution is -2.29. The minimum absolute atomic E-state index is 0.0218. The van der Waals surface area contributed by atoms with E-state index in [0.29, 0.717) is 24.5 Å². The Bertz CT molecular complexity index is 1620. The molecule has 1 atom stereocenters. The number of benzene rings is 3. The number of halogens is 1. The molecule has 0 aliphatic rings. The summed E-state index contributed by atoms with van der Waals surface area (Å²) in [6.07, 6.45) is 2.49. The number of rotatable bonds is 9. The van der Waals surface area contributed by atoms with Crippen molar-refractivity contribution >= 4 is 28.5 Å². The van der Waals surface area contributed by atoms with Gasteiger partial charge in [0.1, 0.15) is 6.04 Å². The molecule has 0 saturated heterocycles. The van der Waals surface area contributed by atoms with Crippen molar-refractivity contribution in [3.05, 3.63) is 134 Å². The fourth-order valence-electron chi connectivity index (χ4n) is 4.50. The minimum Gasteiger partial charge on any atom is -0.468 e. The summed E-state index contributed by atoms with van der Waals surface area (Å²) in [5.41, 5.74) is 5.70. The van der Waals surface area contributed by atoms with E-state index in [9.17, 15) is 9.59 Å². The van der Waals surface area contributed by atoms with E-state index in [2.05, 4.69) is 27.6 Å². The lowest BCUT2D eigenvalue weighted by Gasteiger charge is -2.17. The molecule has 192 valence electrons. The van der Waals surface area contributed by atoms with Crippen molar-refractivity contribution in [2.24, 2.45) is 0 Å². The van der Waals surface area contributed by atoms with Crippen LogP contribution in [0.2, 0.25) is 5.02 Å². The molecule has 2 aromatic heterocycles. The summed E-state index contributed by atoms with van der Waals surface area (Å²) >= 11 is 6.16. The van der Waals surface area contributed by atoms with Crippen molar-refractivity contribution in [2.75, 3.05) is 7.11 Å². The normalized spacial score (nSPS) is 11.9. The zero-order chi connectivity index (χ0) is 26.5. The van der Waals surface area contributed by atoms with Crippen LogP contribution in [-0.4, -0.2) is 27.8 Å². The second-order valence-electron chi connectivity index (χ2n) is 9.10. The summed E-state index contributed by atoms with van der Waals surface area (Å²) in [6, 6.07) is 26.2. The van der Waals surface area contributed by atoms with E-state index < -0.39 is 6.04 Å². The van der Waals surface area contributed by atoms with E-state index in [1.54, 1.807) is 29.0 Å². The molecule has 0 aliphatic heterocycles. The van der Waals surface area contributed by atoms with E-state index in [0.717, 1.165) is 38.9 Å². The third-order valence-electron chi connectivity index (χ3n) is 6.48. The molecule has 0 amide bonds. The fourth-order valence-corrected chi connectivity index (χ4v) is 4.67. The highest BCUT2D eigenvalue weighted by Gasteiger charge is 2.22. The number of H-pyrrole nitrogens is 1. The summed E-state index contributed by atoms with van der Waals surface area (Å²) in [6.45, 7) is 0.885. The Kier molecular flexibility index (Phi) is 7.67. The fraction of sp³-hybridized carbons (Fsp3) is 0.167. The Morgan fingerprint density at radius 3 is 2.61 bits per heavy atom.